The van der Waals surface area contributed by atoms with Gasteiger partial charge in [-0.15, -0.1) is 0 Å². The quantitative estimate of drug-likeness (QED) is 0.861. The molecule has 3 rings (SSSR count). The minimum absolute atomic E-state index is 0.724. The zero-order valence-electron chi connectivity index (χ0n) is 12.9. The second-order valence-corrected chi connectivity index (χ2v) is 6.82. The molecule has 2 aliphatic carbocycles. The number of nitrogens with one attached hydrogen (secondary N) is 1. The van der Waals surface area contributed by atoms with Crippen LogP contribution in [0.15, 0.2) is 16.7 Å². The molecule has 0 radical (unpaired) electrons. The monoisotopic (exact) mass is 276 g/mol. The molecule has 2 fully saturated rings. The van der Waals surface area contributed by atoms with Crippen molar-refractivity contribution in [3.05, 3.63) is 23.7 Å². The third-order valence-corrected chi connectivity index (χ3v) is 4.92. The summed E-state index contributed by atoms with van der Waals surface area (Å²) in [4.78, 5) is 2.49. The predicted octanol–water partition coefficient (Wildman–Crippen LogP) is 3.54. The number of hydrogen-bond acceptors (Lipinski definition) is 3. The van der Waals surface area contributed by atoms with Gasteiger partial charge in [-0.1, -0.05) is 19.8 Å². The molecular formula is C17H28N2O. The summed E-state index contributed by atoms with van der Waals surface area (Å²) >= 11 is 0. The molecule has 3 heteroatoms. The number of furan rings is 1. The van der Waals surface area contributed by atoms with Gasteiger partial charge >= 0.3 is 0 Å². The van der Waals surface area contributed by atoms with Crippen molar-refractivity contribution in [2.24, 2.45) is 5.92 Å². The van der Waals surface area contributed by atoms with Gasteiger partial charge in [0.2, 0.25) is 0 Å². The highest BCUT2D eigenvalue weighted by atomic mass is 16.3. The Bertz CT molecular complexity index is 424. The van der Waals surface area contributed by atoms with Crippen LogP contribution in [0.5, 0.6) is 0 Å². The van der Waals surface area contributed by atoms with Crippen LogP contribution in [-0.4, -0.2) is 24.0 Å². The molecule has 1 N–H and O–H groups in total. The van der Waals surface area contributed by atoms with Gasteiger partial charge in [0, 0.05) is 24.2 Å². The van der Waals surface area contributed by atoms with Crippen LogP contribution in [0.25, 0.3) is 0 Å². The van der Waals surface area contributed by atoms with Gasteiger partial charge in [-0.25, -0.2) is 0 Å². The molecule has 0 amide bonds. The maximum atomic E-state index is 5.73. The van der Waals surface area contributed by atoms with Crippen molar-refractivity contribution in [1.29, 1.82) is 0 Å². The maximum absolute atomic E-state index is 5.73. The van der Waals surface area contributed by atoms with E-state index in [2.05, 4.69) is 30.3 Å². The number of hydrogen-bond donors (Lipinski definition) is 1. The second-order valence-electron chi connectivity index (χ2n) is 6.82. The first-order chi connectivity index (χ1) is 9.72. The fraction of sp³-hybridized carbons (Fsp3) is 0.765. The van der Waals surface area contributed by atoms with E-state index in [9.17, 15) is 0 Å². The Morgan fingerprint density at radius 2 is 2.05 bits per heavy atom. The van der Waals surface area contributed by atoms with Gasteiger partial charge in [-0.2, -0.15) is 0 Å². The van der Waals surface area contributed by atoms with Crippen molar-refractivity contribution in [2.45, 2.75) is 70.6 Å². The fourth-order valence-corrected chi connectivity index (χ4v) is 3.47. The highest BCUT2D eigenvalue weighted by Crippen LogP contribution is 2.28. The zero-order valence-corrected chi connectivity index (χ0v) is 12.9. The molecule has 20 heavy (non-hydrogen) atoms. The third-order valence-electron chi connectivity index (χ3n) is 4.92. The predicted molar refractivity (Wildman–Crippen MR) is 81.5 cm³/mol. The SMILES string of the molecule is CC1CCCCC1N(C)Cc1cc(CNC2CC2)co1. The van der Waals surface area contributed by atoms with Crippen LogP contribution in [0.2, 0.25) is 0 Å². The van der Waals surface area contributed by atoms with Gasteiger partial charge in [0.05, 0.1) is 12.8 Å². The molecule has 3 nitrogen and oxygen atoms in total. The lowest BCUT2D eigenvalue weighted by Gasteiger charge is -2.35. The first-order valence-corrected chi connectivity index (χ1v) is 8.22. The first-order valence-electron chi connectivity index (χ1n) is 8.22. The molecule has 2 atom stereocenters. The summed E-state index contributed by atoms with van der Waals surface area (Å²) < 4.78 is 5.73. The summed E-state index contributed by atoms with van der Waals surface area (Å²) in [7, 11) is 2.25. The van der Waals surface area contributed by atoms with E-state index in [-0.39, 0.29) is 0 Å². The van der Waals surface area contributed by atoms with E-state index in [0.717, 1.165) is 36.9 Å². The Morgan fingerprint density at radius 3 is 2.80 bits per heavy atom. The van der Waals surface area contributed by atoms with Gasteiger partial charge in [0.15, 0.2) is 0 Å². The Kier molecular flexibility index (Phi) is 4.47. The number of nitrogens with zero attached hydrogens (tertiary/aromatic N) is 1. The average Bonchev–Trinajstić information content (AvgIpc) is 3.17. The van der Waals surface area contributed by atoms with Gasteiger partial charge in [0.25, 0.3) is 0 Å². The van der Waals surface area contributed by atoms with E-state index in [0.29, 0.717) is 0 Å². The Hall–Kier alpha value is -0.800. The van der Waals surface area contributed by atoms with Crippen molar-refractivity contribution < 1.29 is 4.42 Å². The molecule has 2 aliphatic rings. The molecule has 0 spiro atoms. The van der Waals surface area contributed by atoms with Crippen LogP contribution < -0.4 is 5.32 Å². The molecule has 0 saturated heterocycles. The van der Waals surface area contributed by atoms with Crippen LogP contribution in [0.4, 0.5) is 0 Å². The highest BCUT2D eigenvalue weighted by molar-refractivity contribution is 5.13. The Morgan fingerprint density at radius 1 is 1.25 bits per heavy atom. The van der Waals surface area contributed by atoms with Gasteiger partial charge < -0.3 is 9.73 Å². The third kappa shape index (κ3) is 3.64. The minimum Gasteiger partial charge on any atom is -0.468 e. The second kappa shape index (κ2) is 6.31. The topological polar surface area (TPSA) is 28.4 Å². The van der Waals surface area contributed by atoms with Gasteiger partial charge in [0.1, 0.15) is 5.76 Å². The van der Waals surface area contributed by atoms with Crippen LogP contribution in [-0.2, 0) is 13.1 Å². The molecule has 112 valence electrons. The van der Waals surface area contributed by atoms with Crippen molar-refractivity contribution in [2.75, 3.05) is 7.05 Å². The minimum atomic E-state index is 0.724. The standard InChI is InChI=1S/C17H28N2O/c1-13-5-3-4-6-17(13)19(2)11-16-9-14(12-20-16)10-18-15-7-8-15/h9,12-13,15,17-18H,3-8,10-11H2,1-2H3. The fourth-order valence-electron chi connectivity index (χ4n) is 3.47. The summed E-state index contributed by atoms with van der Waals surface area (Å²) in [5, 5.41) is 3.54. The normalized spacial score (nSPS) is 27.1. The summed E-state index contributed by atoms with van der Waals surface area (Å²) in [6.07, 6.45) is 10.1. The molecular weight excluding hydrogens is 248 g/mol. The smallest absolute Gasteiger partial charge is 0.118 e. The zero-order chi connectivity index (χ0) is 13.9. The first kappa shape index (κ1) is 14.2. The molecule has 2 unspecified atom stereocenters. The van der Waals surface area contributed by atoms with E-state index < -0.39 is 0 Å². The lowest BCUT2D eigenvalue weighted by molar-refractivity contribution is 0.125. The molecule has 1 aromatic rings. The summed E-state index contributed by atoms with van der Waals surface area (Å²) in [5.74, 6) is 1.93. The van der Waals surface area contributed by atoms with E-state index in [4.69, 9.17) is 4.42 Å². The number of rotatable bonds is 6. The Balaban J connectivity index is 1.50. The molecule has 0 aliphatic heterocycles. The largest absolute Gasteiger partial charge is 0.468 e. The lowest BCUT2D eigenvalue weighted by atomic mass is 9.85. The molecule has 2 saturated carbocycles. The van der Waals surface area contributed by atoms with Crippen LogP contribution in [0.3, 0.4) is 0 Å². The lowest BCUT2D eigenvalue weighted by Crippen LogP contribution is -2.38. The van der Waals surface area contributed by atoms with E-state index >= 15 is 0 Å². The van der Waals surface area contributed by atoms with Crippen LogP contribution >= 0.6 is 0 Å². The average molecular weight is 276 g/mol. The van der Waals surface area contributed by atoms with Crippen molar-refractivity contribution in [1.82, 2.24) is 10.2 Å². The van der Waals surface area contributed by atoms with Crippen LogP contribution in [0.1, 0.15) is 56.8 Å². The highest BCUT2D eigenvalue weighted by Gasteiger charge is 2.25. The van der Waals surface area contributed by atoms with E-state index in [1.165, 1.54) is 44.1 Å². The summed E-state index contributed by atoms with van der Waals surface area (Å²) in [5.41, 5.74) is 1.29. The molecule has 1 aromatic heterocycles. The van der Waals surface area contributed by atoms with E-state index in [1.807, 2.05) is 6.26 Å². The van der Waals surface area contributed by atoms with Crippen molar-refractivity contribution >= 4 is 0 Å². The molecule has 0 aromatic carbocycles. The Labute approximate surface area is 122 Å². The van der Waals surface area contributed by atoms with Gasteiger partial charge in [-0.05, 0) is 44.7 Å². The van der Waals surface area contributed by atoms with Crippen LogP contribution in [0, 0.1) is 5.92 Å². The van der Waals surface area contributed by atoms with Gasteiger partial charge in [-0.3, -0.25) is 4.90 Å². The van der Waals surface area contributed by atoms with E-state index in [1.54, 1.807) is 0 Å². The maximum Gasteiger partial charge on any atom is 0.118 e. The molecule has 0 bridgehead atoms. The van der Waals surface area contributed by atoms with Crippen molar-refractivity contribution in [3.8, 4) is 0 Å². The van der Waals surface area contributed by atoms with Crippen molar-refractivity contribution in [3.63, 3.8) is 0 Å². The molecule has 1 heterocycles. The summed E-state index contributed by atoms with van der Waals surface area (Å²) in [6.45, 7) is 4.30. The summed E-state index contributed by atoms with van der Waals surface area (Å²) in [6, 6.07) is 3.71.